The minimum absolute atomic E-state index is 0.514. The van der Waals surface area contributed by atoms with E-state index >= 15 is 0 Å². The summed E-state index contributed by atoms with van der Waals surface area (Å²) in [6.45, 7) is 6.15. The smallest absolute Gasteiger partial charge is 0.154 e. The number of hydrogen-bond donors (Lipinski definition) is 0. The molecule has 0 atom stereocenters. The van der Waals surface area contributed by atoms with Crippen LogP contribution in [0.2, 0.25) is 0 Å². The van der Waals surface area contributed by atoms with E-state index in [4.69, 9.17) is 4.74 Å². The van der Waals surface area contributed by atoms with Crippen LogP contribution in [-0.4, -0.2) is 30.7 Å². The lowest BCUT2D eigenvalue weighted by molar-refractivity contribution is -0.0969. The third-order valence-electron chi connectivity index (χ3n) is 7.11. The molecule has 0 aromatic carbocycles. The van der Waals surface area contributed by atoms with Crippen LogP contribution in [0, 0.1) is 23.2 Å². The zero-order valence-corrected chi connectivity index (χ0v) is 15.0. The Morgan fingerprint density at radius 3 is 1.86 bits per heavy atom. The SMILES string of the molecule is C[OH+]C1CCC(C(C)(C)C2CCC(OCC3CC3)CC2)CC1. The highest BCUT2D eigenvalue weighted by Gasteiger charge is 2.41. The molecule has 0 unspecified atom stereocenters. The number of ether oxygens (including phenoxy) is 2. The molecule has 0 amide bonds. The highest BCUT2D eigenvalue weighted by molar-refractivity contribution is 4.91. The van der Waals surface area contributed by atoms with Gasteiger partial charge in [-0.15, -0.1) is 0 Å². The Balaban J connectivity index is 1.44. The van der Waals surface area contributed by atoms with Crippen molar-refractivity contribution in [1.82, 2.24) is 0 Å². The highest BCUT2D eigenvalue weighted by atomic mass is 16.5. The average molecular weight is 310 g/mol. The van der Waals surface area contributed by atoms with Gasteiger partial charge in [0.2, 0.25) is 0 Å². The molecule has 0 bridgehead atoms. The molecule has 0 saturated heterocycles. The van der Waals surface area contributed by atoms with Gasteiger partial charge in [0.15, 0.2) is 6.10 Å². The monoisotopic (exact) mass is 309 g/mol. The third kappa shape index (κ3) is 4.06. The van der Waals surface area contributed by atoms with E-state index in [2.05, 4.69) is 18.6 Å². The Hall–Kier alpha value is -0.0800. The van der Waals surface area contributed by atoms with Crippen molar-refractivity contribution in [2.24, 2.45) is 23.2 Å². The molecule has 0 radical (unpaired) electrons. The van der Waals surface area contributed by atoms with Crippen molar-refractivity contribution in [3.8, 4) is 0 Å². The summed E-state index contributed by atoms with van der Waals surface area (Å²) in [5, 5.41) is 0. The zero-order chi connectivity index (χ0) is 15.6. The quantitative estimate of drug-likeness (QED) is 0.651. The van der Waals surface area contributed by atoms with Gasteiger partial charge in [-0.1, -0.05) is 13.8 Å². The summed E-state index contributed by atoms with van der Waals surface area (Å²) in [6, 6.07) is 0. The molecule has 22 heavy (non-hydrogen) atoms. The highest BCUT2D eigenvalue weighted by Crippen LogP contribution is 2.48. The van der Waals surface area contributed by atoms with Crippen molar-refractivity contribution < 1.29 is 9.47 Å². The van der Waals surface area contributed by atoms with Crippen molar-refractivity contribution >= 4 is 0 Å². The van der Waals surface area contributed by atoms with E-state index in [9.17, 15) is 0 Å². The normalized spacial score (nSPS) is 37.2. The first-order chi connectivity index (χ1) is 10.6. The molecular formula is C20H37O2+. The van der Waals surface area contributed by atoms with Crippen LogP contribution in [0.4, 0.5) is 0 Å². The van der Waals surface area contributed by atoms with Crippen LogP contribution in [0.1, 0.15) is 78.1 Å². The Morgan fingerprint density at radius 2 is 1.36 bits per heavy atom. The second-order valence-corrected chi connectivity index (χ2v) is 8.84. The van der Waals surface area contributed by atoms with Gasteiger partial charge in [-0.25, -0.2) is 0 Å². The van der Waals surface area contributed by atoms with Crippen LogP contribution in [0.5, 0.6) is 0 Å². The van der Waals surface area contributed by atoms with Crippen molar-refractivity contribution in [3.63, 3.8) is 0 Å². The fraction of sp³-hybridized carbons (Fsp3) is 1.00. The van der Waals surface area contributed by atoms with E-state index < -0.39 is 0 Å². The van der Waals surface area contributed by atoms with Gasteiger partial charge in [-0.2, -0.15) is 0 Å². The first-order valence-corrected chi connectivity index (χ1v) is 9.80. The van der Waals surface area contributed by atoms with Gasteiger partial charge in [0.1, 0.15) is 7.11 Å². The largest absolute Gasteiger partial charge is 0.434 e. The molecule has 128 valence electrons. The summed E-state index contributed by atoms with van der Waals surface area (Å²) in [5.41, 5.74) is 0.514. The van der Waals surface area contributed by atoms with Crippen molar-refractivity contribution in [2.45, 2.75) is 90.3 Å². The third-order valence-corrected chi connectivity index (χ3v) is 7.11. The van der Waals surface area contributed by atoms with Gasteiger partial charge in [0.05, 0.1) is 6.10 Å². The molecule has 0 aliphatic heterocycles. The molecule has 0 heterocycles. The first-order valence-electron chi connectivity index (χ1n) is 9.80. The van der Waals surface area contributed by atoms with Crippen LogP contribution >= 0.6 is 0 Å². The molecule has 3 saturated carbocycles. The van der Waals surface area contributed by atoms with Crippen molar-refractivity contribution in [2.75, 3.05) is 13.7 Å². The molecule has 0 aromatic heterocycles. The summed E-state index contributed by atoms with van der Waals surface area (Å²) in [4.78, 5) is 0. The van der Waals surface area contributed by atoms with E-state index in [1.807, 2.05) is 7.11 Å². The number of rotatable bonds is 6. The molecular weight excluding hydrogens is 272 g/mol. The van der Waals surface area contributed by atoms with E-state index in [-0.39, 0.29) is 0 Å². The first kappa shape index (κ1) is 16.8. The predicted molar refractivity (Wildman–Crippen MR) is 92.1 cm³/mol. The fourth-order valence-electron chi connectivity index (χ4n) is 4.94. The van der Waals surface area contributed by atoms with Crippen LogP contribution in [0.3, 0.4) is 0 Å². The number of hydrogen-bond acceptors (Lipinski definition) is 1. The molecule has 2 nitrogen and oxygen atoms in total. The number of aliphatic hydroxyl groups is 2. The van der Waals surface area contributed by atoms with Gasteiger partial charge in [0, 0.05) is 19.4 Å². The van der Waals surface area contributed by atoms with Crippen LogP contribution in [0.25, 0.3) is 0 Å². The van der Waals surface area contributed by atoms with Crippen molar-refractivity contribution in [1.29, 1.82) is 0 Å². The molecule has 0 spiro atoms. The van der Waals surface area contributed by atoms with Crippen LogP contribution in [-0.2, 0) is 4.74 Å². The van der Waals surface area contributed by atoms with Gasteiger partial charge in [0.25, 0.3) is 0 Å². The molecule has 1 N–H and O–H groups in total. The van der Waals surface area contributed by atoms with Gasteiger partial charge in [-0.3, -0.25) is 0 Å². The summed E-state index contributed by atoms with van der Waals surface area (Å²) in [5.74, 6) is 2.74. The summed E-state index contributed by atoms with van der Waals surface area (Å²) < 4.78 is 10.6. The molecule has 0 aromatic rings. The van der Waals surface area contributed by atoms with Gasteiger partial charge >= 0.3 is 0 Å². The Bertz CT molecular complexity index is 332. The molecule has 3 fully saturated rings. The van der Waals surface area contributed by atoms with Crippen LogP contribution < -0.4 is 0 Å². The van der Waals surface area contributed by atoms with E-state index in [0.717, 1.165) is 24.4 Å². The van der Waals surface area contributed by atoms with E-state index in [0.29, 0.717) is 17.6 Å². The van der Waals surface area contributed by atoms with Crippen LogP contribution in [0.15, 0.2) is 0 Å². The maximum absolute atomic E-state index is 6.13. The average Bonchev–Trinajstić information content (AvgIpc) is 3.38. The summed E-state index contributed by atoms with van der Waals surface area (Å²) in [7, 11) is 2.00. The van der Waals surface area contributed by atoms with E-state index in [1.165, 1.54) is 64.2 Å². The second kappa shape index (κ2) is 7.21. The Morgan fingerprint density at radius 1 is 0.818 bits per heavy atom. The maximum atomic E-state index is 6.13. The minimum Gasteiger partial charge on any atom is -0.434 e. The van der Waals surface area contributed by atoms with Gasteiger partial charge < -0.3 is 9.47 Å². The maximum Gasteiger partial charge on any atom is 0.154 e. The molecule has 3 rings (SSSR count). The molecule has 3 aliphatic rings. The Labute approximate surface area is 137 Å². The lowest BCUT2D eigenvalue weighted by Crippen LogP contribution is -2.39. The lowest BCUT2D eigenvalue weighted by atomic mass is 9.60. The fourth-order valence-corrected chi connectivity index (χ4v) is 4.94. The Kier molecular flexibility index (Phi) is 5.50. The predicted octanol–water partition coefficient (Wildman–Crippen LogP) is 4.71. The lowest BCUT2D eigenvalue weighted by Gasteiger charge is -2.46. The minimum atomic E-state index is 0.514. The second-order valence-electron chi connectivity index (χ2n) is 8.84. The van der Waals surface area contributed by atoms with Gasteiger partial charge in [-0.05, 0) is 74.5 Å². The standard InChI is InChI=1S/C20H36O2/c1-20(2,16-6-10-18(21-3)11-7-16)17-8-12-19(13-9-17)22-14-15-4-5-15/h15-19H,4-14H2,1-3H3/p+1. The topological polar surface area (TPSA) is 22.0 Å². The van der Waals surface area contributed by atoms with E-state index in [1.54, 1.807) is 0 Å². The molecule has 2 heteroatoms. The molecule has 3 aliphatic carbocycles. The van der Waals surface area contributed by atoms with Crippen molar-refractivity contribution in [3.05, 3.63) is 0 Å². The summed E-state index contributed by atoms with van der Waals surface area (Å²) >= 11 is 0. The summed E-state index contributed by atoms with van der Waals surface area (Å²) in [6.07, 6.45) is 14.9. The zero-order valence-electron chi connectivity index (χ0n) is 15.0.